The van der Waals surface area contributed by atoms with E-state index >= 15 is 0 Å². The first-order chi connectivity index (χ1) is 6.56. The molecule has 0 fully saturated rings. The van der Waals surface area contributed by atoms with Gasteiger partial charge in [0, 0.05) is 6.08 Å². The van der Waals surface area contributed by atoms with Crippen LogP contribution in [0.2, 0.25) is 0 Å². The fraction of sp³-hybridized carbons (Fsp3) is 0.250. The summed E-state index contributed by atoms with van der Waals surface area (Å²) in [6.07, 6.45) is 1.16. The third-order valence-corrected chi connectivity index (χ3v) is 2.39. The zero-order valence-electron chi connectivity index (χ0n) is 9.46. The summed E-state index contributed by atoms with van der Waals surface area (Å²) in [6.45, 7) is 9.33. The highest BCUT2D eigenvalue weighted by Crippen LogP contribution is 2.23. The Kier molecular flexibility index (Phi) is 4.74. The van der Waals surface area contributed by atoms with Crippen molar-refractivity contribution in [2.24, 2.45) is 0 Å². The zero-order chi connectivity index (χ0) is 10.7. The third-order valence-electron chi connectivity index (χ3n) is 2.39. The van der Waals surface area contributed by atoms with Crippen molar-refractivity contribution >= 4 is 5.97 Å². The molecule has 0 saturated carbocycles. The lowest BCUT2D eigenvalue weighted by atomic mass is 10.0. The van der Waals surface area contributed by atoms with Crippen molar-refractivity contribution in [1.29, 1.82) is 0 Å². The maximum absolute atomic E-state index is 11.0. The van der Waals surface area contributed by atoms with Gasteiger partial charge in [0.15, 0.2) is 0 Å². The average molecular weight is 207 g/mol. The predicted octanol–water partition coefficient (Wildman–Crippen LogP) is 2.87. The second-order valence-electron chi connectivity index (χ2n) is 3.26. The zero-order valence-corrected chi connectivity index (χ0v) is 9.46. The lowest BCUT2D eigenvalue weighted by Crippen LogP contribution is -2.05. The lowest BCUT2D eigenvalue weighted by molar-refractivity contribution is -0.129. The van der Waals surface area contributed by atoms with Gasteiger partial charge in [-0.25, -0.2) is 4.79 Å². The van der Waals surface area contributed by atoms with Crippen LogP contribution >= 0.6 is 0 Å². The van der Waals surface area contributed by atoms with Gasteiger partial charge in [0.25, 0.3) is 0 Å². The van der Waals surface area contributed by atoms with Gasteiger partial charge in [-0.2, -0.15) is 0 Å². The molecule has 82 valence electrons. The summed E-state index contributed by atoms with van der Waals surface area (Å²) in [6, 6.07) is 3.74. The van der Waals surface area contributed by atoms with Crippen molar-refractivity contribution in [2.45, 2.75) is 20.8 Å². The number of esters is 1. The summed E-state index contributed by atoms with van der Waals surface area (Å²) in [5.41, 5.74) is 3.35. The maximum atomic E-state index is 11.0. The van der Waals surface area contributed by atoms with Crippen LogP contribution in [0.25, 0.3) is 0 Å². The molecule has 15 heavy (non-hydrogen) atoms. The number of carbonyl (C=O) groups is 1. The van der Waals surface area contributed by atoms with E-state index < -0.39 is 5.97 Å². The summed E-state index contributed by atoms with van der Waals surface area (Å²) in [5, 5.41) is 0. The average Bonchev–Trinajstić information content (AvgIpc) is 2.19. The van der Waals surface area contributed by atoms with Gasteiger partial charge in [0.1, 0.15) is 5.75 Å². The van der Waals surface area contributed by atoms with E-state index in [1.807, 2.05) is 26.8 Å². The van der Waals surface area contributed by atoms with Crippen LogP contribution in [-0.2, 0) is 4.79 Å². The van der Waals surface area contributed by atoms with Crippen molar-refractivity contribution < 1.29 is 9.53 Å². The van der Waals surface area contributed by atoms with Gasteiger partial charge in [-0.15, -0.1) is 0 Å². The van der Waals surface area contributed by atoms with Gasteiger partial charge >= 0.3 is 5.97 Å². The molecule has 0 aliphatic heterocycles. The first-order valence-corrected chi connectivity index (χ1v) is 4.47. The van der Waals surface area contributed by atoms with E-state index in [2.05, 4.69) is 6.58 Å². The highest BCUT2D eigenvalue weighted by molar-refractivity contribution is 5.83. The van der Waals surface area contributed by atoms with Gasteiger partial charge in [-0.3, -0.25) is 0 Å². The molecule has 0 spiro atoms. The number of hydrogen-bond acceptors (Lipinski definition) is 3. The monoisotopic (exact) mass is 207 g/mol. The molecule has 0 radical (unpaired) electrons. The molecule has 0 aliphatic rings. The van der Waals surface area contributed by atoms with Crippen LogP contribution in [0.3, 0.4) is 0 Å². The Bertz CT molecular complexity index is 383. The first-order valence-electron chi connectivity index (χ1n) is 4.47. The van der Waals surface area contributed by atoms with Crippen molar-refractivity contribution in [3.05, 3.63) is 41.5 Å². The Morgan fingerprint density at radius 1 is 1.27 bits per heavy atom. The molecular weight excluding hydrogens is 190 g/mol. The van der Waals surface area contributed by atoms with Gasteiger partial charge in [-0.05, 0) is 43.5 Å². The van der Waals surface area contributed by atoms with Gasteiger partial charge in [0.2, 0.25) is 0 Å². The van der Waals surface area contributed by atoms with E-state index in [4.69, 9.17) is 4.74 Å². The highest BCUT2D eigenvalue weighted by atomic mass is 16.5. The molecular formula is C12H17NO2. The van der Waals surface area contributed by atoms with E-state index in [0.29, 0.717) is 5.75 Å². The second kappa shape index (κ2) is 5.32. The molecule has 0 heterocycles. The van der Waals surface area contributed by atoms with Crippen molar-refractivity contribution in [2.75, 3.05) is 0 Å². The standard InChI is InChI=1S/C12H14O2.H3N/c1-5-12(13)14-11-7-6-8(2)9(3)10(11)4;/h5-7H,1H2,2-4H3;1H3. The summed E-state index contributed by atoms with van der Waals surface area (Å²) in [5.74, 6) is 0.189. The van der Waals surface area contributed by atoms with Gasteiger partial charge in [0.05, 0.1) is 0 Å². The molecule has 3 N–H and O–H groups in total. The molecule has 1 aromatic rings. The molecule has 0 bridgehead atoms. The van der Waals surface area contributed by atoms with Crippen LogP contribution in [0, 0.1) is 20.8 Å². The number of hydrogen-bond donors (Lipinski definition) is 1. The van der Waals surface area contributed by atoms with Crippen LogP contribution in [0.4, 0.5) is 0 Å². The molecule has 3 heteroatoms. The normalized spacial score (nSPS) is 9.00. The van der Waals surface area contributed by atoms with E-state index in [9.17, 15) is 4.79 Å². The Hall–Kier alpha value is -1.61. The summed E-state index contributed by atoms with van der Waals surface area (Å²) < 4.78 is 5.07. The minimum Gasteiger partial charge on any atom is -0.423 e. The quantitative estimate of drug-likeness (QED) is 0.461. The smallest absolute Gasteiger partial charge is 0.335 e. The molecule has 3 nitrogen and oxygen atoms in total. The van der Waals surface area contributed by atoms with E-state index in [1.54, 1.807) is 6.07 Å². The van der Waals surface area contributed by atoms with Crippen molar-refractivity contribution in [3.63, 3.8) is 0 Å². The van der Waals surface area contributed by atoms with Crippen molar-refractivity contribution in [1.82, 2.24) is 6.15 Å². The molecule has 0 unspecified atom stereocenters. The van der Waals surface area contributed by atoms with Gasteiger partial charge < -0.3 is 10.9 Å². The fourth-order valence-electron chi connectivity index (χ4n) is 1.19. The Balaban J connectivity index is 0.00000196. The van der Waals surface area contributed by atoms with E-state index in [-0.39, 0.29) is 6.15 Å². The molecule has 0 aliphatic carbocycles. The molecule has 1 rings (SSSR count). The molecule has 0 aromatic heterocycles. The fourth-order valence-corrected chi connectivity index (χ4v) is 1.19. The minimum absolute atomic E-state index is 0. The summed E-state index contributed by atoms with van der Waals surface area (Å²) in [7, 11) is 0. The van der Waals surface area contributed by atoms with Crippen LogP contribution in [0.1, 0.15) is 16.7 Å². The topological polar surface area (TPSA) is 61.3 Å². The lowest BCUT2D eigenvalue weighted by Gasteiger charge is -2.09. The summed E-state index contributed by atoms with van der Waals surface area (Å²) in [4.78, 5) is 11.0. The highest BCUT2D eigenvalue weighted by Gasteiger charge is 2.06. The molecule has 0 atom stereocenters. The maximum Gasteiger partial charge on any atom is 0.335 e. The SMILES string of the molecule is C=CC(=O)Oc1ccc(C)c(C)c1C.N. The third kappa shape index (κ3) is 2.92. The molecule has 1 aromatic carbocycles. The van der Waals surface area contributed by atoms with E-state index in [1.165, 1.54) is 5.56 Å². The van der Waals surface area contributed by atoms with Crippen LogP contribution < -0.4 is 10.9 Å². The number of ether oxygens (including phenoxy) is 1. The summed E-state index contributed by atoms with van der Waals surface area (Å²) >= 11 is 0. The Morgan fingerprint density at radius 2 is 1.87 bits per heavy atom. The number of aryl methyl sites for hydroxylation is 1. The van der Waals surface area contributed by atoms with Crippen molar-refractivity contribution in [3.8, 4) is 5.75 Å². The Labute approximate surface area is 90.3 Å². The second-order valence-corrected chi connectivity index (χ2v) is 3.26. The van der Waals surface area contributed by atoms with E-state index in [0.717, 1.165) is 17.2 Å². The number of rotatable bonds is 2. The van der Waals surface area contributed by atoms with Crippen LogP contribution in [0.5, 0.6) is 5.75 Å². The van der Waals surface area contributed by atoms with Gasteiger partial charge in [-0.1, -0.05) is 12.6 Å². The first kappa shape index (κ1) is 13.4. The molecule has 0 amide bonds. The van der Waals surface area contributed by atoms with Crippen LogP contribution in [0.15, 0.2) is 24.8 Å². The Morgan fingerprint density at radius 3 is 2.40 bits per heavy atom. The largest absolute Gasteiger partial charge is 0.423 e. The number of carbonyl (C=O) groups excluding carboxylic acids is 1. The predicted molar refractivity (Wildman–Crippen MR) is 61.5 cm³/mol. The van der Waals surface area contributed by atoms with Crippen LogP contribution in [-0.4, -0.2) is 5.97 Å². The number of benzene rings is 1. The minimum atomic E-state index is -0.420. The molecule has 0 saturated heterocycles.